The maximum atomic E-state index is 10.6. The van der Waals surface area contributed by atoms with E-state index in [1.54, 1.807) is 17.1 Å². The molecule has 0 aliphatic heterocycles. The molecule has 0 amide bonds. The molecule has 0 fully saturated rings. The van der Waals surface area contributed by atoms with Gasteiger partial charge >= 0.3 is 5.97 Å². The fourth-order valence-electron chi connectivity index (χ4n) is 1.49. The standard InChI is InChI=1S/C11H12BrN5O2/c12-7-1-2-8(14-4-7)5-17-6-9(15-16-17)3-10(13)11(18)19/h1-2,4,6,10H,3,5,13H2,(H,18,19). The van der Waals surface area contributed by atoms with Crippen LogP contribution in [0.4, 0.5) is 0 Å². The number of aliphatic carboxylic acids is 1. The van der Waals surface area contributed by atoms with Crippen LogP contribution < -0.4 is 5.73 Å². The number of aromatic nitrogens is 4. The maximum Gasteiger partial charge on any atom is 0.320 e. The first kappa shape index (κ1) is 13.6. The third kappa shape index (κ3) is 3.83. The van der Waals surface area contributed by atoms with Crippen molar-refractivity contribution in [1.82, 2.24) is 20.0 Å². The van der Waals surface area contributed by atoms with Crippen molar-refractivity contribution in [2.45, 2.75) is 19.0 Å². The van der Waals surface area contributed by atoms with Gasteiger partial charge in [0.1, 0.15) is 6.04 Å². The number of halogens is 1. The molecule has 100 valence electrons. The molecule has 1 atom stereocenters. The Morgan fingerprint density at radius 1 is 1.47 bits per heavy atom. The zero-order valence-corrected chi connectivity index (χ0v) is 11.5. The fraction of sp³-hybridized carbons (Fsp3) is 0.273. The number of rotatable bonds is 5. The third-order valence-corrected chi connectivity index (χ3v) is 2.91. The minimum Gasteiger partial charge on any atom is -0.480 e. The first-order valence-corrected chi connectivity index (χ1v) is 6.31. The monoisotopic (exact) mass is 325 g/mol. The predicted molar refractivity (Wildman–Crippen MR) is 70.4 cm³/mol. The van der Waals surface area contributed by atoms with Crippen LogP contribution in [0.3, 0.4) is 0 Å². The van der Waals surface area contributed by atoms with Gasteiger partial charge < -0.3 is 10.8 Å². The molecule has 0 spiro atoms. The van der Waals surface area contributed by atoms with Crippen molar-refractivity contribution >= 4 is 21.9 Å². The van der Waals surface area contributed by atoms with Gasteiger partial charge in [0.15, 0.2) is 0 Å². The number of carboxylic acids is 1. The third-order valence-electron chi connectivity index (χ3n) is 2.44. The molecule has 2 heterocycles. The molecular formula is C11H12BrN5O2. The van der Waals surface area contributed by atoms with Crippen LogP contribution in [0.25, 0.3) is 0 Å². The topological polar surface area (TPSA) is 107 Å². The van der Waals surface area contributed by atoms with Crippen molar-refractivity contribution in [1.29, 1.82) is 0 Å². The van der Waals surface area contributed by atoms with Crippen LogP contribution in [0.1, 0.15) is 11.4 Å². The molecule has 0 radical (unpaired) electrons. The molecule has 7 nitrogen and oxygen atoms in total. The molecule has 19 heavy (non-hydrogen) atoms. The Kier molecular flexibility index (Phi) is 4.23. The molecule has 2 aromatic rings. The molecule has 0 saturated heterocycles. The normalized spacial score (nSPS) is 12.3. The van der Waals surface area contributed by atoms with E-state index in [0.717, 1.165) is 10.2 Å². The van der Waals surface area contributed by atoms with Crippen molar-refractivity contribution in [3.05, 3.63) is 40.4 Å². The average molecular weight is 326 g/mol. The van der Waals surface area contributed by atoms with E-state index < -0.39 is 12.0 Å². The molecule has 0 aliphatic rings. The Hall–Kier alpha value is -1.80. The van der Waals surface area contributed by atoms with Crippen LogP contribution in [0, 0.1) is 0 Å². The number of carbonyl (C=O) groups is 1. The number of hydrogen-bond acceptors (Lipinski definition) is 5. The minimum atomic E-state index is -1.05. The largest absolute Gasteiger partial charge is 0.480 e. The summed E-state index contributed by atoms with van der Waals surface area (Å²) in [6.45, 7) is 0.475. The van der Waals surface area contributed by atoms with Gasteiger partial charge in [0.05, 0.1) is 17.9 Å². The molecule has 0 aromatic carbocycles. The number of nitrogens with zero attached hydrogens (tertiary/aromatic N) is 4. The predicted octanol–water partition coefficient (Wildman–Crippen LogP) is 0.438. The highest BCUT2D eigenvalue weighted by molar-refractivity contribution is 9.10. The summed E-state index contributed by atoms with van der Waals surface area (Å²) >= 11 is 3.31. The highest BCUT2D eigenvalue weighted by Gasteiger charge is 2.14. The molecule has 2 aromatic heterocycles. The Morgan fingerprint density at radius 3 is 2.89 bits per heavy atom. The second-order valence-electron chi connectivity index (χ2n) is 4.02. The average Bonchev–Trinajstić information content (AvgIpc) is 2.79. The molecule has 3 N–H and O–H groups in total. The molecule has 1 unspecified atom stereocenters. The molecular weight excluding hydrogens is 314 g/mol. The van der Waals surface area contributed by atoms with Crippen molar-refractivity contribution < 1.29 is 9.90 Å². The van der Waals surface area contributed by atoms with Crippen molar-refractivity contribution in [2.24, 2.45) is 5.73 Å². The first-order chi connectivity index (χ1) is 9.04. The Labute approximate surface area is 117 Å². The lowest BCUT2D eigenvalue weighted by Gasteiger charge is -2.02. The maximum absolute atomic E-state index is 10.6. The van der Waals surface area contributed by atoms with Gasteiger partial charge in [-0.05, 0) is 28.1 Å². The fourth-order valence-corrected chi connectivity index (χ4v) is 1.72. The summed E-state index contributed by atoms with van der Waals surface area (Å²) in [6.07, 6.45) is 3.53. The summed E-state index contributed by atoms with van der Waals surface area (Å²) in [7, 11) is 0. The summed E-state index contributed by atoms with van der Waals surface area (Å²) in [6, 6.07) is 2.80. The number of pyridine rings is 1. The number of carboxylic acid groups (broad SMARTS) is 1. The van der Waals surface area contributed by atoms with Gasteiger partial charge in [0, 0.05) is 23.3 Å². The SMILES string of the molecule is NC(Cc1cn(Cc2ccc(Br)cn2)nn1)C(=O)O. The Balaban J connectivity index is 2.01. The summed E-state index contributed by atoms with van der Waals surface area (Å²) in [4.78, 5) is 14.9. The lowest BCUT2D eigenvalue weighted by atomic mass is 10.2. The Morgan fingerprint density at radius 2 is 2.26 bits per heavy atom. The van der Waals surface area contributed by atoms with Crippen LogP contribution in [-0.4, -0.2) is 37.1 Å². The summed E-state index contributed by atoms with van der Waals surface area (Å²) in [5, 5.41) is 16.5. The van der Waals surface area contributed by atoms with E-state index in [1.165, 1.54) is 0 Å². The van der Waals surface area contributed by atoms with Crippen molar-refractivity contribution in [2.75, 3.05) is 0 Å². The van der Waals surface area contributed by atoms with Gasteiger partial charge in [-0.2, -0.15) is 0 Å². The van der Waals surface area contributed by atoms with Crippen LogP contribution in [0.15, 0.2) is 29.0 Å². The summed E-state index contributed by atoms with van der Waals surface area (Å²) in [5.41, 5.74) is 6.82. The molecule has 2 rings (SSSR count). The van der Waals surface area contributed by atoms with Crippen LogP contribution >= 0.6 is 15.9 Å². The molecule has 8 heteroatoms. The van der Waals surface area contributed by atoms with Gasteiger partial charge in [-0.3, -0.25) is 9.78 Å². The molecule has 0 aliphatic carbocycles. The van der Waals surface area contributed by atoms with Crippen molar-refractivity contribution in [3.8, 4) is 0 Å². The zero-order chi connectivity index (χ0) is 13.8. The summed E-state index contributed by atoms with van der Waals surface area (Å²) in [5.74, 6) is -1.05. The summed E-state index contributed by atoms with van der Waals surface area (Å²) < 4.78 is 2.50. The van der Waals surface area contributed by atoms with Crippen LogP contribution in [-0.2, 0) is 17.8 Å². The highest BCUT2D eigenvalue weighted by atomic mass is 79.9. The van der Waals surface area contributed by atoms with E-state index >= 15 is 0 Å². The lowest BCUT2D eigenvalue weighted by molar-refractivity contribution is -0.138. The highest BCUT2D eigenvalue weighted by Crippen LogP contribution is 2.08. The molecule has 0 bridgehead atoms. The van der Waals surface area contributed by atoms with E-state index in [2.05, 4.69) is 31.2 Å². The minimum absolute atomic E-state index is 0.156. The van der Waals surface area contributed by atoms with E-state index in [0.29, 0.717) is 12.2 Å². The number of nitrogens with two attached hydrogens (primary N) is 1. The smallest absolute Gasteiger partial charge is 0.320 e. The van der Waals surface area contributed by atoms with Crippen molar-refractivity contribution in [3.63, 3.8) is 0 Å². The van der Waals surface area contributed by atoms with E-state index in [-0.39, 0.29) is 6.42 Å². The number of hydrogen-bond donors (Lipinski definition) is 2. The zero-order valence-electron chi connectivity index (χ0n) is 9.90. The second-order valence-corrected chi connectivity index (χ2v) is 4.94. The second kappa shape index (κ2) is 5.89. The van der Waals surface area contributed by atoms with Gasteiger partial charge in [-0.1, -0.05) is 5.21 Å². The van der Waals surface area contributed by atoms with Gasteiger partial charge in [-0.25, -0.2) is 4.68 Å². The molecule has 0 saturated carbocycles. The van der Waals surface area contributed by atoms with E-state index in [4.69, 9.17) is 10.8 Å². The van der Waals surface area contributed by atoms with Crippen LogP contribution in [0.5, 0.6) is 0 Å². The Bertz CT molecular complexity index is 569. The lowest BCUT2D eigenvalue weighted by Crippen LogP contribution is -2.32. The quantitative estimate of drug-likeness (QED) is 0.825. The van der Waals surface area contributed by atoms with E-state index in [1.807, 2.05) is 12.1 Å². The van der Waals surface area contributed by atoms with Crippen LogP contribution in [0.2, 0.25) is 0 Å². The first-order valence-electron chi connectivity index (χ1n) is 5.52. The van der Waals surface area contributed by atoms with Gasteiger partial charge in [-0.15, -0.1) is 5.10 Å². The van der Waals surface area contributed by atoms with E-state index in [9.17, 15) is 4.79 Å². The van der Waals surface area contributed by atoms with Gasteiger partial charge in [0.2, 0.25) is 0 Å². The van der Waals surface area contributed by atoms with Gasteiger partial charge in [0.25, 0.3) is 0 Å².